The number of rotatable bonds is 8. The lowest BCUT2D eigenvalue weighted by Gasteiger charge is -2.26. The highest BCUT2D eigenvalue weighted by Gasteiger charge is 2.18. The molecule has 0 fully saturated rings. The molecule has 0 amide bonds. The van der Waals surface area contributed by atoms with Gasteiger partial charge in [0.25, 0.3) is 0 Å². The van der Waals surface area contributed by atoms with Gasteiger partial charge in [0.2, 0.25) is 11.7 Å². The number of benzene rings is 2. The third-order valence-corrected chi connectivity index (χ3v) is 4.68. The van der Waals surface area contributed by atoms with Gasteiger partial charge in [0.15, 0.2) is 0 Å². The fraction of sp³-hybridized carbons (Fsp3) is 0.333. The Morgan fingerprint density at radius 1 is 1.04 bits per heavy atom. The summed E-state index contributed by atoms with van der Waals surface area (Å²) in [6.45, 7) is 5.73. The summed E-state index contributed by atoms with van der Waals surface area (Å²) < 4.78 is 16.0. The van der Waals surface area contributed by atoms with E-state index < -0.39 is 0 Å². The number of aromatic nitrogens is 2. The highest BCUT2D eigenvalue weighted by atomic mass is 16.5. The van der Waals surface area contributed by atoms with E-state index in [2.05, 4.69) is 41.0 Å². The van der Waals surface area contributed by atoms with Crippen LogP contribution < -0.4 is 9.47 Å². The van der Waals surface area contributed by atoms with Gasteiger partial charge in [-0.05, 0) is 55.4 Å². The van der Waals surface area contributed by atoms with Gasteiger partial charge >= 0.3 is 0 Å². The van der Waals surface area contributed by atoms with Crippen LogP contribution in [0.15, 0.2) is 53.1 Å². The molecule has 0 aliphatic carbocycles. The Bertz CT molecular complexity index is 861. The van der Waals surface area contributed by atoms with E-state index in [1.54, 1.807) is 14.2 Å². The molecule has 1 unspecified atom stereocenters. The molecule has 0 aliphatic heterocycles. The van der Waals surface area contributed by atoms with Gasteiger partial charge in [-0.1, -0.05) is 24.2 Å². The molecule has 27 heavy (non-hydrogen) atoms. The first-order chi connectivity index (χ1) is 13.1. The number of methoxy groups -OCH3 is 2. The minimum Gasteiger partial charge on any atom is -0.497 e. The molecule has 1 aromatic heterocycles. The Labute approximate surface area is 159 Å². The van der Waals surface area contributed by atoms with E-state index in [0.717, 1.165) is 23.6 Å². The summed E-state index contributed by atoms with van der Waals surface area (Å²) in [6, 6.07) is 15.9. The minimum absolute atomic E-state index is 0.196. The molecule has 0 saturated heterocycles. The third kappa shape index (κ3) is 4.46. The van der Waals surface area contributed by atoms with Gasteiger partial charge < -0.3 is 14.0 Å². The molecule has 0 N–H and O–H groups in total. The number of hydrogen-bond donors (Lipinski definition) is 0. The van der Waals surface area contributed by atoms with Crippen molar-refractivity contribution in [3.8, 4) is 22.9 Å². The van der Waals surface area contributed by atoms with E-state index >= 15 is 0 Å². The lowest BCUT2D eigenvalue weighted by atomic mass is 10.1. The molecule has 0 bridgehead atoms. The Morgan fingerprint density at radius 3 is 2.44 bits per heavy atom. The van der Waals surface area contributed by atoms with E-state index in [1.807, 2.05) is 36.4 Å². The Kier molecular flexibility index (Phi) is 6.08. The predicted molar refractivity (Wildman–Crippen MR) is 104 cm³/mol. The Balaban J connectivity index is 1.73. The summed E-state index contributed by atoms with van der Waals surface area (Å²) in [5.41, 5.74) is 2.08. The second kappa shape index (κ2) is 8.68. The summed E-state index contributed by atoms with van der Waals surface area (Å²) in [5, 5.41) is 4.12. The first-order valence-corrected chi connectivity index (χ1v) is 8.99. The predicted octanol–water partition coefficient (Wildman–Crippen LogP) is 4.34. The molecule has 2 aromatic carbocycles. The zero-order valence-electron chi connectivity index (χ0n) is 16.2. The van der Waals surface area contributed by atoms with Crippen LogP contribution in [-0.2, 0) is 6.54 Å². The minimum atomic E-state index is 0.196. The molecule has 6 heteroatoms. The maximum absolute atomic E-state index is 5.48. The molecule has 0 radical (unpaired) electrons. The van der Waals surface area contributed by atoms with Gasteiger partial charge in [0.1, 0.15) is 11.5 Å². The zero-order chi connectivity index (χ0) is 19.2. The van der Waals surface area contributed by atoms with Gasteiger partial charge in [-0.15, -0.1) is 0 Å². The molecular formula is C21H25N3O3. The molecule has 3 rings (SSSR count). The van der Waals surface area contributed by atoms with Gasteiger partial charge in [-0.3, -0.25) is 4.90 Å². The van der Waals surface area contributed by atoms with Crippen molar-refractivity contribution in [2.24, 2.45) is 0 Å². The number of hydrogen-bond acceptors (Lipinski definition) is 6. The van der Waals surface area contributed by atoms with E-state index in [9.17, 15) is 0 Å². The average Bonchev–Trinajstić information content (AvgIpc) is 3.20. The van der Waals surface area contributed by atoms with Gasteiger partial charge in [-0.25, -0.2) is 0 Å². The smallest absolute Gasteiger partial charge is 0.241 e. The largest absolute Gasteiger partial charge is 0.497 e. The summed E-state index contributed by atoms with van der Waals surface area (Å²) in [6.07, 6.45) is 0. The first-order valence-electron chi connectivity index (χ1n) is 8.99. The summed E-state index contributed by atoms with van der Waals surface area (Å²) in [5.74, 6) is 2.83. The molecule has 1 heterocycles. The lowest BCUT2D eigenvalue weighted by molar-refractivity contribution is 0.184. The Morgan fingerprint density at radius 2 is 1.78 bits per heavy atom. The first kappa shape index (κ1) is 18.9. The standard InChI is InChI=1S/C21H25N3O3/c1-5-24(15(2)17-7-6-8-19(13-17)26-4)14-20-22-21(23-27-20)16-9-11-18(25-3)12-10-16/h6-13,15H,5,14H2,1-4H3. The topological polar surface area (TPSA) is 60.6 Å². The van der Waals surface area contributed by atoms with Crippen LogP contribution >= 0.6 is 0 Å². The van der Waals surface area contributed by atoms with Crippen molar-refractivity contribution in [1.82, 2.24) is 15.0 Å². The fourth-order valence-corrected chi connectivity index (χ4v) is 2.98. The van der Waals surface area contributed by atoms with Crippen LogP contribution in [0.1, 0.15) is 31.3 Å². The Hall–Kier alpha value is -2.86. The van der Waals surface area contributed by atoms with Crippen LogP contribution in [0.2, 0.25) is 0 Å². The molecule has 6 nitrogen and oxygen atoms in total. The number of nitrogens with zero attached hydrogens (tertiary/aromatic N) is 3. The summed E-state index contributed by atoms with van der Waals surface area (Å²) >= 11 is 0. The van der Waals surface area contributed by atoms with Gasteiger partial charge in [0, 0.05) is 11.6 Å². The van der Waals surface area contributed by atoms with Crippen molar-refractivity contribution in [2.45, 2.75) is 26.4 Å². The molecule has 1 atom stereocenters. The summed E-state index contributed by atoms with van der Waals surface area (Å²) in [4.78, 5) is 6.83. The zero-order valence-corrected chi connectivity index (χ0v) is 16.2. The van der Waals surface area contributed by atoms with Crippen LogP contribution in [0.4, 0.5) is 0 Å². The summed E-state index contributed by atoms with van der Waals surface area (Å²) in [7, 11) is 3.32. The highest BCUT2D eigenvalue weighted by Crippen LogP contribution is 2.26. The second-order valence-corrected chi connectivity index (χ2v) is 6.26. The molecule has 0 spiro atoms. The molecule has 142 valence electrons. The second-order valence-electron chi connectivity index (χ2n) is 6.26. The van der Waals surface area contributed by atoms with Gasteiger partial charge in [-0.2, -0.15) is 4.98 Å². The van der Waals surface area contributed by atoms with Crippen molar-refractivity contribution >= 4 is 0 Å². The van der Waals surface area contributed by atoms with Crippen molar-refractivity contribution in [1.29, 1.82) is 0 Å². The lowest BCUT2D eigenvalue weighted by Crippen LogP contribution is -2.26. The van der Waals surface area contributed by atoms with E-state index in [0.29, 0.717) is 18.3 Å². The maximum Gasteiger partial charge on any atom is 0.241 e. The van der Waals surface area contributed by atoms with Crippen LogP contribution in [0.3, 0.4) is 0 Å². The van der Waals surface area contributed by atoms with Crippen molar-refractivity contribution in [3.63, 3.8) is 0 Å². The fourth-order valence-electron chi connectivity index (χ4n) is 2.98. The van der Waals surface area contributed by atoms with Crippen molar-refractivity contribution < 1.29 is 14.0 Å². The molecule has 0 aliphatic rings. The molecular weight excluding hydrogens is 342 g/mol. The molecule has 0 saturated carbocycles. The van der Waals surface area contributed by atoms with E-state index in [1.165, 1.54) is 5.56 Å². The normalized spacial score (nSPS) is 12.2. The van der Waals surface area contributed by atoms with Crippen LogP contribution in [0.25, 0.3) is 11.4 Å². The monoisotopic (exact) mass is 367 g/mol. The highest BCUT2D eigenvalue weighted by molar-refractivity contribution is 5.55. The van der Waals surface area contributed by atoms with E-state index in [-0.39, 0.29) is 6.04 Å². The van der Waals surface area contributed by atoms with Gasteiger partial charge in [0.05, 0.1) is 20.8 Å². The third-order valence-electron chi connectivity index (χ3n) is 4.68. The molecule has 3 aromatic rings. The van der Waals surface area contributed by atoms with E-state index in [4.69, 9.17) is 14.0 Å². The average molecular weight is 367 g/mol. The van der Waals surface area contributed by atoms with Crippen molar-refractivity contribution in [2.75, 3.05) is 20.8 Å². The van der Waals surface area contributed by atoms with Crippen LogP contribution in [0.5, 0.6) is 11.5 Å². The van der Waals surface area contributed by atoms with Crippen molar-refractivity contribution in [3.05, 3.63) is 60.0 Å². The van der Waals surface area contributed by atoms with Crippen LogP contribution in [0, 0.1) is 0 Å². The number of ether oxygens (including phenoxy) is 2. The van der Waals surface area contributed by atoms with Crippen LogP contribution in [-0.4, -0.2) is 35.8 Å². The SMILES string of the molecule is CCN(Cc1nc(-c2ccc(OC)cc2)no1)C(C)c1cccc(OC)c1. The maximum atomic E-state index is 5.48. The quantitative estimate of drug-likeness (QED) is 0.590.